The third-order valence-corrected chi connectivity index (χ3v) is 4.82. The zero-order valence-corrected chi connectivity index (χ0v) is 15.6. The molecule has 2 aliphatic rings. The van der Waals surface area contributed by atoms with Crippen LogP contribution >= 0.6 is 24.0 Å². The topological polar surface area (TPSA) is 59.6 Å². The molecule has 1 aromatic carbocycles. The van der Waals surface area contributed by atoms with Gasteiger partial charge in [0.15, 0.2) is 5.96 Å². The monoisotopic (exact) mass is 415 g/mol. The molecule has 0 bridgehead atoms. The highest BCUT2D eigenvalue weighted by atomic mass is 127. The van der Waals surface area contributed by atoms with E-state index >= 15 is 0 Å². The fourth-order valence-electron chi connectivity index (χ4n) is 3.42. The van der Waals surface area contributed by atoms with E-state index in [2.05, 4.69) is 28.5 Å². The van der Waals surface area contributed by atoms with Gasteiger partial charge in [0.2, 0.25) is 0 Å². The van der Waals surface area contributed by atoms with Gasteiger partial charge >= 0.3 is 0 Å². The summed E-state index contributed by atoms with van der Waals surface area (Å²) >= 11 is 0. The molecule has 3 rings (SSSR count). The molecule has 22 heavy (non-hydrogen) atoms. The molecule has 1 aromatic rings. The molecule has 3 N–H and O–H groups in total. The summed E-state index contributed by atoms with van der Waals surface area (Å²) in [4.78, 5) is 4.53. The highest BCUT2D eigenvalue weighted by molar-refractivity contribution is 14.0. The molecular weight excluding hydrogens is 389 g/mol. The Kier molecular flexibility index (Phi) is 6.09. The number of nitrogens with zero attached hydrogens (tertiary/aromatic N) is 1. The second-order valence-electron chi connectivity index (χ2n) is 6.45. The number of nitrogens with two attached hydrogens (primary N) is 1. The maximum Gasteiger partial charge on any atom is 0.193 e. The van der Waals surface area contributed by atoms with Crippen LogP contribution in [-0.2, 0) is 17.6 Å². The Morgan fingerprint density at radius 3 is 2.73 bits per heavy atom. The third-order valence-electron chi connectivity index (χ3n) is 4.82. The van der Waals surface area contributed by atoms with Crippen molar-refractivity contribution >= 4 is 35.6 Å². The molecule has 0 aromatic heterocycles. The molecule has 0 atom stereocenters. The normalized spacial score (nSPS) is 19.0. The number of aryl methyl sites for hydroxylation is 2. The van der Waals surface area contributed by atoms with Crippen molar-refractivity contribution in [1.29, 1.82) is 0 Å². The predicted octanol–water partition coefficient (Wildman–Crippen LogP) is 3.34. The second-order valence-corrected chi connectivity index (χ2v) is 6.45. The number of rotatable bonds is 5. The van der Waals surface area contributed by atoms with Gasteiger partial charge in [-0.1, -0.05) is 12.5 Å². The molecule has 4 nitrogen and oxygen atoms in total. The molecule has 122 valence electrons. The number of methoxy groups -OCH3 is 1. The summed E-state index contributed by atoms with van der Waals surface area (Å²) in [6, 6.07) is 6.51. The number of halogens is 1. The molecule has 0 spiro atoms. The Hall–Kier alpha value is -0.820. The second kappa shape index (κ2) is 7.64. The first-order valence-electron chi connectivity index (χ1n) is 7.88. The van der Waals surface area contributed by atoms with Gasteiger partial charge < -0.3 is 15.8 Å². The van der Waals surface area contributed by atoms with Gasteiger partial charge in [-0.25, -0.2) is 0 Å². The van der Waals surface area contributed by atoms with Gasteiger partial charge in [0, 0.05) is 18.2 Å². The van der Waals surface area contributed by atoms with Crippen LogP contribution in [-0.4, -0.2) is 26.2 Å². The third kappa shape index (κ3) is 3.93. The molecule has 1 fully saturated rings. The van der Waals surface area contributed by atoms with Crippen LogP contribution in [0.25, 0.3) is 0 Å². The molecule has 0 saturated heterocycles. The van der Waals surface area contributed by atoms with E-state index in [4.69, 9.17) is 10.5 Å². The number of benzene rings is 1. The number of nitrogens with one attached hydrogen (secondary N) is 1. The molecule has 2 aliphatic carbocycles. The summed E-state index contributed by atoms with van der Waals surface area (Å²) < 4.78 is 5.32. The summed E-state index contributed by atoms with van der Waals surface area (Å²) in [5, 5.41) is 3.22. The molecule has 0 radical (unpaired) electrons. The predicted molar refractivity (Wildman–Crippen MR) is 102 cm³/mol. The van der Waals surface area contributed by atoms with Crippen molar-refractivity contribution < 1.29 is 4.74 Å². The minimum atomic E-state index is 0. The number of guanidine groups is 1. The molecule has 1 saturated carbocycles. The number of fused-ring (bicyclic) bond motifs is 1. The van der Waals surface area contributed by atoms with Crippen molar-refractivity contribution in [2.75, 3.05) is 25.6 Å². The maximum atomic E-state index is 6.03. The van der Waals surface area contributed by atoms with Gasteiger partial charge in [-0.05, 0) is 55.4 Å². The van der Waals surface area contributed by atoms with E-state index in [-0.39, 0.29) is 29.4 Å². The first kappa shape index (κ1) is 17.5. The minimum Gasteiger partial charge on any atom is -0.384 e. The first-order valence-corrected chi connectivity index (χ1v) is 7.88. The first-order chi connectivity index (χ1) is 10.2. The van der Waals surface area contributed by atoms with Gasteiger partial charge in [-0.2, -0.15) is 0 Å². The van der Waals surface area contributed by atoms with Gasteiger partial charge in [-0.3, -0.25) is 4.99 Å². The fraction of sp³-hybridized carbons (Fsp3) is 0.588. The van der Waals surface area contributed by atoms with Crippen molar-refractivity contribution in [3.05, 3.63) is 29.3 Å². The van der Waals surface area contributed by atoms with E-state index in [1.165, 1.54) is 49.7 Å². The smallest absolute Gasteiger partial charge is 0.193 e. The van der Waals surface area contributed by atoms with E-state index in [1.807, 2.05) is 0 Å². The molecular formula is C17H26IN3O. The number of anilines is 1. The lowest BCUT2D eigenvalue weighted by Gasteiger charge is -2.40. The van der Waals surface area contributed by atoms with Crippen LogP contribution in [0.3, 0.4) is 0 Å². The van der Waals surface area contributed by atoms with Crippen LogP contribution in [0.5, 0.6) is 0 Å². The quantitative estimate of drug-likeness (QED) is 0.441. The van der Waals surface area contributed by atoms with E-state index in [1.54, 1.807) is 7.11 Å². The Morgan fingerprint density at radius 1 is 1.27 bits per heavy atom. The lowest BCUT2D eigenvalue weighted by atomic mass is 9.69. The number of ether oxygens (including phenoxy) is 1. The molecule has 0 aliphatic heterocycles. The Morgan fingerprint density at radius 2 is 2.05 bits per heavy atom. The van der Waals surface area contributed by atoms with Crippen LogP contribution in [0.4, 0.5) is 5.69 Å². The molecule has 5 heteroatoms. The van der Waals surface area contributed by atoms with Crippen LogP contribution in [0, 0.1) is 5.41 Å². The van der Waals surface area contributed by atoms with Crippen LogP contribution in [0.15, 0.2) is 23.2 Å². The van der Waals surface area contributed by atoms with Crippen molar-refractivity contribution in [2.24, 2.45) is 16.1 Å². The lowest BCUT2D eigenvalue weighted by Crippen LogP contribution is -2.38. The Labute approximate surface area is 149 Å². The molecule has 0 heterocycles. The Balaban J connectivity index is 0.00000176. The van der Waals surface area contributed by atoms with E-state index < -0.39 is 0 Å². The summed E-state index contributed by atoms with van der Waals surface area (Å²) in [7, 11) is 1.76. The highest BCUT2D eigenvalue weighted by Gasteiger charge is 2.36. The number of hydrogen-bond acceptors (Lipinski definition) is 2. The summed E-state index contributed by atoms with van der Waals surface area (Å²) in [6.07, 6.45) is 7.31. The average Bonchev–Trinajstić information content (AvgIpc) is 2.89. The van der Waals surface area contributed by atoms with E-state index in [0.717, 1.165) is 18.8 Å². The zero-order chi connectivity index (χ0) is 14.7. The molecule has 0 unspecified atom stereocenters. The SMILES string of the molecule is COCC1(CN=C(N)Nc2ccc3c(c2)CCC3)CCC1.I. The van der Waals surface area contributed by atoms with E-state index in [0.29, 0.717) is 5.96 Å². The average molecular weight is 415 g/mol. The summed E-state index contributed by atoms with van der Waals surface area (Å²) in [5.74, 6) is 0.510. The largest absolute Gasteiger partial charge is 0.384 e. The maximum absolute atomic E-state index is 6.03. The highest BCUT2D eigenvalue weighted by Crippen LogP contribution is 2.41. The fourth-order valence-corrected chi connectivity index (χ4v) is 3.42. The van der Waals surface area contributed by atoms with Gasteiger partial charge in [0.25, 0.3) is 0 Å². The summed E-state index contributed by atoms with van der Waals surface area (Å²) in [6.45, 7) is 1.53. The van der Waals surface area contributed by atoms with Crippen LogP contribution in [0.1, 0.15) is 36.8 Å². The van der Waals surface area contributed by atoms with Crippen molar-refractivity contribution in [3.8, 4) is 0 Å². The van der Waals surface area contributed by atoms with Crippen LogP contribution < -0.4 is 11.1 Å². The summed E-state index contributed by atoms with van der Waals surface area (Å²) in [5.41, 5.74) is 10.2. The van der Waals surface area contributed by atoms with E-state index in [9.17, 15) is 0 Å². The number of hydrogen-bond donors (Lipinski definition) is 2. The van der Waals surface area contributed by atoms with Crippen molar-refractivity contribution in [3.63, 3.8) is 0 Å². The van der Waals surface area contributed by atoms with Gasteiger partial charge in [0.1, 0.15) is 0 Å². The minimum absolute atomic E-state index is 0. The number of aliphatic imine (C=N–C) groups is 1. The standard InChI is InChI=1S/C17H25N3O.HI/c1-21-12-17(8-3-9-17)11-19-16(18)20-15-7-6-13-4-2-5-14(13)10-15;/h6-7,10H,2-5,8-9,11-12H2,1H3,(H3,18,19,20);1H. The van der Waals surface area contributed by atoms with Crippen molar-refractivity contribution in [1.82, 2.24) is 0 Å². The molecule has 0 amide bonds. The zero-order valence-electron chi connectivity index (χ0n) is 13.2. The lowest BCUT2D eigenvalue weighted by molar-refractivity contribution is 0.0253. The van der Waals surface area contributed by atoms with Crippen LogP contribution in [0.2, 0.25) is 0 Å². The van der Waals surface area contributed by atoms with Gasteiger partial charge in [0.05, 0.1) is 13.2 Å². The van der Waals surface area contributed by atoms with Gasteiger partial charge in [-0.15, -0.1) is 24.0 Å². The van der Waals surface area contributed by atoms with Crippen molar-refractivity contribution in [2.45, 2.75) is 38.5 Å². The Bertz CT molecular complexity index is 541.